The maximum absolute atomic E-state index is 11.1. The summed E-state index contributed by atoms with van der Waals surface area (Å²) >= 11 is 0. The molecule has 1 unspecified atom stereocenters. The van der Waals surface area contributed by atoms with E-state index in [9.17, 15) is 4.79 Å². The first-order valence-corrected chi connectivity index (χ1v) is 6.79. The number of carbonyl (C=O) groups is 1. The van der Waals surface area contributed by atoms with Crippen molar-refractivity contribution in [1.82, 2.24) is 4.98 Å². The zero-order chi connectivity index (χ0) is 14.2. The summed E-state index contributed by atoms with van der Waals surface area (Å²) in [5, 5.41) is 12.4. The van der Waals surface area contributed by atoms with Crippen molar-refractivity contribution in [3.05, 3.63) is 23.4 Å². The Balaban J connectivity index is 2.12. The molecular formula is C15H22N2O2. The fraction of sp³-hybridized carbons (Fsp3) is 0.600. The monoisotopic (exact) mass is 262 g/mol. The number of hydrogen-bond acceptors (Lipinski definition) is 3. The Bertz CT molecular complexity index is 495. The molecule has 1 aliphatic rings. The van der Waals surface area contributed by atoms with Crippen LogP contribution >= 0.6 is 0 Å². The van der Waals surface area contributed by atoms with Crippen molar-refractivity contribution >= 4 is 11.8 Å². The fourth-order valence-electron chi connectivity index (χ4n) is 2.21. The second-order valence-corrected chi connectivity index (χ2v) is 6.40. The van der Waals surface area contributed by atoms with Gasteiger partial charge in [0.2, 0.25) is 0 Å². The van der Waals surface area contributed by atoms with Gasteiger partial charge < -0.3 is 10.4 Å². The summed E-state index contributed by atoms with van der Waals surface area (Å²) in [7, 11) is 0. The topological polar surface area (TPSA) is 62.2 Å². The van der Waals surface area contributed by atoms with Crippen molar-refractivity contribution in [2.45, 2.75) is 40.0 Å². The lowest BCUT2D eigenvalue weighted by molar-refractivity contribution is 0.0696. The normalized spacial score (nSPS) is 20.4. The minimum Gasteiger partial charge on any atom is -0.478 e. The highest BCUT2D eigenvalue weighted by Crippen LogP contribution is 2.51. The van der Waals surface area contributed by atoms with Gasteiger partial charge in [0.25, 0.3) is 0 Å². The largest absolute Gasteiger partial charge is 0.478 e. The fourth-order valence-corrected chi connectivity index (χ4v) is 2.21. The molecule has 4 nitrogen and oxygen atoms in total. The molecule has 0 radical (unpaired) electrons. The van der Waals surface area contributed by atoms with Gasteiger partial charge in [-0.3, -0.25) is 0 Å². The van der Waals surface area contributed by atoms with Crippen molar-refractivity contribution in [2.75, 3.05) is 11.9 Å². The lowest BCUT2D eigenvalue weighted by atomic mass is 10.1. The number of aromatic nitrogens is 1. The highest BCUT2D eigenvalue weighted by Gasteiger charge is 2.44. The van der Waals surface area contributed by atoms with E-state index < -0.39 is 5.97 Å². The van der Waals surface area contributed by atoms with Gasteiger partial charge in [-0.15, -0.1) is 0 Å². The molecule has 104 valence electrons. The van der Waals surface area contributed by atoms with Crippen LogP contribution in [0.5, 0.6) is 0 Å². The van der Waals surface area contributed by atoms with E-state index in [4.69, 9.17) is 5.11 Å². The van der Waals surface area contributed by atoms with E-state index >= 15 is 0 Å². The van der Waals surface area contributed by atoms with E-state index in [-0.39, 0.29) is 5.92 Å². The summed E-state index contributed by atoms with van der Waals surface area (Å²) in [5.74, 6) is 0.646. The summed E-state index contributed by atoms with van der Waals surface area (Å²) < 4.78 is 0. The Kier molecular flexibility index (Phi) is 3.52. The van der Waals surface area contributed by atoms with Crippen molar-refractivity contribution in [3.8, 4) is 0 Å². The molecule has 0 amide bonds. The molecule has 2 rings (SSSR count). The number of hydrogen-bond donors (Lipinski definition) is 2. The summed E-state index contributed by atoms with van der Waals surface area (Å²) in [6, 6.07) is 3.27. The molecule has 0 bridgehead atoms. The quantitative estimate of drug-likeness (QED) is 0.854. The molecule has 19 heavy (non-hydrogen) atoms. The first kappa shape index (κ1) is 13.8. The number of rotatable bonds is 5. The van der Waals surface area contributed by atoms with Crippen LogP contribution in [-0.2, 0) is 0 Å². The predicted octanol–water partition coefficient (Wildman–Crippen LogP) is 3.36. The van der Waals surface area contributed by atoms with Crippen LogP contribution in [0, 0.1) is 11.3 Å². The number of nitrogens with one attached hydrogen (secondary N) is 1. The third-order valence-corrected chi connectivity index (χ3v) is 3.93. The zero-order valence-corrected chi connectivity index (χ0v) is 12.0. The highest BCUT2D eigenvalue weighted by molar-refractivity contribution is 5.88. The van der Waals surface area contributed by atoms with E-state index in [1.165, 1.54) is 6.42 Å². The number of aromatic carboxylic acids is 1. The van der Waals surface area contributed by atoms with Crippen LogP contribution < -0.4 is 5.32 Å². The van der Waals surface area contributed by atoms with Crippen LogP contribution in [0.2, 0.25) is 0 Å². The Morgan fingerprint density at radius 2 is 2.16 bits per heavy atom. The maximum atomic E-state index is 11.1. The van der Waals surface area contributed by atoms with Gasteiger partial charge >= 0.3 is 5.97 Å². The first-order chi connectivity index (χ1) is 8.79. The van der Waals surface area contributed by atoms with Crippen LogP contribution in [0.1, 0.15) is 56.1 Å². The summed E-state index contributed by atoms with van der Waals surface area (Å²) in [6.07, 6.45) is 1.22. The van der Waals surface area contributed by atoms with E-state index in [1.807, 2.05) is 13.8 Å². The van der Waals surface area contributed by atoms with Crippen molar-refractivity contribution in [1.29, 1.82) is 0 Å². The van der Waals surface area contributed by atoms with Gasteiger partial charge in [0.15, 0.2) is 0 Å². The van der Waals surface area contributed by atoms with Crippen molar-refractivity contribution in [2.24, 2.45) is 11.3 Å². The third-order valence-electron chi connectivity index (χ3n) is 3.93. The van der Waals surface area contributed by atoms with E-state index in [1.54, 1.807) is 12.1 Å². The van der Waals surface area contributed by atoms with Gasteiger partial charge in [-0.05, 0) is 35.8 Å². The third kappa shape index (κ3) is 3.25. The van der Waals surface area contributed by atoms with Crippen LogP contribution in [0.4, 0.5) is 5.82 Å². The van der Waals surface area contributed by atoms with Crippen LogP contribution in [0.25, 0.3) is 0 Å². The second kappa shape index (κ2) is 4.83. The molecule has 1 fully saturated rings. The Hall–Kier alpha value is -1.58. The van der Waals surface area contributed by atoms with Gasteiger partial charge in [0, 0.05) is 12.2 Å². The lowest BCUT2D eigenvalue weighted by Gasteiger charge is -2.11. The molecule has 0 aromatic carbocycles. The summed E-state index contributed by atoms with van der Waals surface area (Å²) in [5.41, 5.74) is 1.53. The molecular weight excluding hydrogens is 240 g/mol. The smallest absolute Gasteiger partial charge is 0.335 e. The van der Waals surface area contributed by atoms with Gasteiger partial charge in [-0.2, -0.15) is 0 Å². The molecule has 0 saturated heterocycles. The molecule has 1 aromatic heterocycles. The Morgan fingerprint density at radius 3 is 2.63 bits per heavy atom. The minimum absolute atomic E-state index is 0.220. The summed E-state index contributed by atoms with van der Waals surface area (Å²) in [6.45, 7) is 9.39. The van der Waals surface area contributed by atoms with Gasteiger partial charge in [-0.25, -0.2) is 9.78 Å². The Morgan fingerprint density at radius 1 is 1.53 bits per heavy atom. The molecule has 2 N–H and O–H groups in total. The molecule has 0 aliphatic heterocycles. The Labute approximate surface area is 114 Å². The number of anilines is 1. The number of pyridine rings is 1. The second-order valence-electron chi connectivity index (χ2n) is 6.40. The highest BCUT2D eigenvalue weighted by atomic mass is 16.4. The van der Waals surface area contributed by atoms with Crippen LogP contribution in [0.3, 0.4) is 0 Å². The average molecular weight is 262 g/mol. The molecule has 1 atom stereocenters. The predicted molar refractivity (Wildman–Crippen MR) is 75.7 cm³/mol. The number of carboxylic acids is 1. The molecule has 4 heteroatoms. The zero-order valence-electron chi connectivity index (χ0n) is 12.0. The van der Waals surface area contributed by atoms with Gasteiger partial charge in [0.05, 0.1) is 5.56 Å². The number of nitrogens with zero attached hydrogens (tertiary/aromatic N) is 1. The SMILES string of the molecule is CC(C)c1cc(C(=O)O)cc(NCC2CC2(C)C)n1. The van der Waals surface area contributed by atoms with E-state index in [2.05, 4.69) is 24.1 Å². The summed E-state index contributed by atoms with van der Waals surface area (Å²) in [4.78, 5) is 15.6. The maximum Gasteiger partial charge on any atom is 0.335 e. The van der Waals surface area contributed by atoms with Gasteiger partial charge in [-0.1, -0.05) is 27.7 Å². The van der Waals surface area contributed by atoms with E-state index in [0.717, 1.165) is 12.2 Å². The average Bonchev–Trinajstić information content (AvgIpc) is 2.94. The van der Waals surface area contributed by atoms with Crippen molar-refractivity contribution in [3.63, 3.8) is 0 Å². The van der Waals surface area contributed by atoms with Crippen LogP contribution in [0.15, 0.2) is 12.1 Å². The molecule has 1 saturated carbocycles. The molecule has 1 heterocycles. The number of carboxylic acid groups (broad SMARTS) is 1. The lowest BCUT2D eigenvalue weighted by Crippen LogP contribution is -2.11. The van der Waals surface area contributed by atoms with Crippen LogP contribution in [-0.4, -0.2) is 22.6 Å². The van der Waals surface area contributed by atoms with Gasteiger partial charge in [0.1, 0.15) is 5.82 Å². The minimum atomic E-state index is -0.904. The molecule has 1 aromatic rings. The molecule has 1 aliphatic carbocycles. The standard InChI is InChI=1S/C15H22N2O2/c1-9(2)12-5-10(14(18)19)6-13(17-12)16-8-11-7-15(11,3)4/h5-6,9,11H,7-8H2,1-4H3,(H,16,17)(H,18,19). The van der Waals surface area contributed by atoms with Crippen molar-refractivity contribution < 1.29 is 9.90 Å². The first-order valence-electron chi connectivity index (χ1n) is 6.79. The molecule has 0 spiro atoms. The van der Waals surface area contributed by atoms with E-state index in [0.29, 0.717) is 22.7 Å².